The number of nitrogens with zero attached hydrogens (tertiary/aromatic N) is 4. The minimum atomic E-state index is -4.71. The lowest BCUT2D eigenvalue weighted by atomic mass is 10.2. The molecule has 4 N–H and O–H groups in total. The molecule has 0 saturated carbocycles. The fraction of sp³-hybridized carbons (Fsp3) is 0.150. The Bertz CT molecular complexity index is 1310. The molecule has 3 aromatic rings. The van der Waals surface area contributed by atoms with E-state index in [0.717, 1.165) is 29.9 Å². The second-order valence-electron chi connectivity index (χ2n) is 6.82. The largest absolute Gasteiger partial charge is 0.418 e. The highest BCUT2D eigenvalue weighted by Gasteiger charge is 2.34. The quantitative estimate of drug-likeness (QED) is 0.400. The van der Waals surface area contributed by atoms with Crippen LogP contribution in [0.1, 0.15) is 49.4 Å². The molecule has 3 rings (SSSR count). The SMILES string of the molecule is CC(NC(=O)c1cc(C=CC(N)=O)ncn1)c1ncc(C(=O)Nc2cc(C(F)(F)F)c(Cl)cn2)s1. The summed E-state index contributed by atoms with van der Waals surface area (Å²) in [5.74, 6) is -2.33. The number of nitrogens with one attached hydrogen (secondary N) is 2. The van der Waals surface area contributed by atoms with Gasteiger partial charge in [-0.05, 0) is 25.1 Å². The molecule has 3 heterocycles. The van der Waals surface area contributed by atoms with Crippen LogP contribution in [0.3, 0.4) is 0 Å². The summed E-state index contributed by atoms with van der Waals surface area (Å²) in [6, 6.07) is 1.33. The standard InChI is InChI=1S/C20H15ClF3N7O3S/c1-9(30-17(33)13-4-10(28-8-29-13)2-3-15(25)32)19-27-7-14(35-19)18(34)31-16-5-11(20(22,23)24)12(21)6-26-16/h2-9H,1H3,(H2,25,32)(H,30,33)(H,26,31,34). The van der Waals surface area contributed by atoms with Gasteiger partial charge in [-0.3, -0.25) is 14.4 Å². The van der Waals surface area contributed by atoms with Crippen LogP contribution in [0.15, 0.2) is 36.9 Å². The molecule has 0 bridgehead atoms. The molecule has 3 amide bonds. The smallest absolute Gasteiger partial charge is 0.366 e. The zero-order valence-electron chi connectivity index (χ0n) is 17.6. The van der Waals surface area contributed by atoms with E-state index >= 15 is 0 Å². The minimum absolute atomic E-state index is 0.0137. The third-order valence-electron chi connectivity index (χ3n) is 4.21. The van der Waals surface area contributed by atoms with Gasteiger partial charge >= 0.3 is 6.18 Å². The molecule has 35 heavy (non-hydrogen) atoms. The van der Waals surface area contributed by atoms with Gasteiger partial charge in [0.25, 0.3) is 11.8 Å². The lowest BCUT2D eigenvalue weighted by Gasteiger charge is -2.11. The van der Waals surface area contributed by atoms with Gasteiger partial charge in [0, 0.05) is 12.3 Å². The second-order valence-corrected chi connectivity index (χ2v) is 8.29. The van der Waals surface area contributed by atoms with Gasteiger partial charge in [-0.1, -0.05) is 11.6 Å². The Labute approximate surface area is 204 Å². The maximum absolute atomic E-state index is 13.0. The first-order valence-corrected chi connectivity index (χ1v) is 10.7. The van der Waals surface area contributed by atoms with Crippen molar-refractivity contribution in [1.29, 1.82) is 0 Å². The third-order valence-corrected chi connectivity index (χ3v) is 5.69. The fourth-order valence-corrected chi connectivity index (χ4v) is 3.61. The maximum Gasteiger partial charge on any atom is 0.418 e. The molecule has 182 valence electrons. The van der Waals surface area contributed by atoms with Crippen LogP contribution < -0.4 is 16.4 Å². The molecule has 3 aromatic heterocycles. The van der Waals surface area contributed by atoms with E-state index in [1.54, 1.807) is 6.92 Å². The minimum Gasteiger partial charge on any atom is -0.366 e. The van der Waals surface area contributed by atoms with E-state index in [0.29, 0.717) is 11.1 Å². The number of primary amides is 1. The van der Waals surface area contributed by atoms with E-state index in [1.807, 2.05) is 0 Å². The van der Waals surface area contributed by atoms with Crippen molar-refractivity contribution in [2.75, 3.05) is 5.32 Å². The monoisotopic (exact) mass is 525 g/mol. The van der Waals surface area contributed by atoms with Gasteiger partial charge in [0.05, 0.1) is 28.5 Å². The van der Waals surface area contributed by atoms with Crippen molar-refractivity contribution in [1.82, 2.24) is 25.3 Å². The summed E-state index contributed by atoms with van der Waals surface area (Å²) in [4.78, 5) is 51.4. The first kappa shape index (κ1) is 25.7. The first-order chi connectivity index (χ1) is 16.4. The normalized spacial score (nSPS) is 12.4. The number of halogens is 4. The fourth-order valence-electron chi connectivity index (χ4n) is 2.58. The summed E-state index contributed by atoms with van der Waals surface area (Å²) in [5.41, 5.74) is 4.19. The van der Waals surface area contributed by atoms with Gasteiger partial charge in [0.2, 0.25) is 5.91 Å². The summed E-state index contributed by atoms with van der Waals surface area (Å²) in [7, 11) is 0. The van der Waals surface area contributed by atoms with Crippen LogP contribution in [0.25, 0.3) is 6.08 Å². The average Bonchev–Trinajstić information content (AvgIpc) is 3.29. The number of carbonyl (C=O) groups excluding carboxylic acids is 3. The molecule has 1 unspecified atom stereocenters. The van der Waals surface area contributed by atoms with E-state index < -0.39 is 40.5 Å². The van der Waals surface area contributed by atoms with Crippen molar-refractivity contribution in [2.24, 2.45) is 5.73 Å². The number of hydrogen-bond acceptors (Lipinski definition) is 8. The van der Waals surface area contributed by atoms with E-state index in [9.17, 15) is 27.6 Å². The van der Waals surface area contributed by atoms with Crippen LogP contribution in [0.2, 0.25) is 5.02 Å². The molecule has 0 radical (unpaired) electrons. The van der Waals surface area contributed by atoms with Crippen molar-refractivity contribution >= 4 is 52.6 Å². The number of amides is 3. The first-order valence-electron chi connectivity index (χ1n) is 9.54. The van der Waals surface area contributed by atoms with Crippen LogP contribution >= 0.6 is 22.9 Å². The number of pyridine rings is 1. The number of carbonyl (C=O) groups is 3. The zero-order chi connectivity index (χ0) is 25.8. The molecule has 0 aromatic carbocycles. The van der Waals surface area contributed by atoms with Gasteiger partial charge < -0.3 is 16.4 Å². The topological polar surface area (TPSA) is 153 Å². The number of nitrogens with two attached hydrogens (primary N) is 1. The molecule has 0 spiro atoms. The van der Waals surface area contributed by atoms with E-state index in [4.69, 9.17) is 17.3 Å². The third kappa shape index (κ3) is 6.80. The molecule has 0 aliphatic heterocycles. The highest BCUT2D eigenvalue weighted by Crippen LogP contribution is 2.35. The summed E-state index contributed by atoms with van der Waals surface area (Å²) in [6.45, 7) is 1.61. The van der Waals surface area contributed by atoms with Gasteiger partial charge in [-0.2, -0.15) is 13.2 Å². The van der Waals surface area contributed by atoms with E-state index in [1.165, 1.54) is 18.3 Å². The molecular weight excluding hydrogens is 511 g/mol. The Balaban J connectivity index is 1.67. The average molecular weight is 526 g/mol. The second kappa shape index (κ2) is 10.6. The van der Waals surface area contributed by atoms with Crippen molar-refractivity contribution in [3.8, 4) is 0 Å². The lowest BCUT2D eigenvalue weighted by Crippen LogP contribution is -2.27. The van der Waals surface area contributed by atoms with Gasteiger partial charge in [0.15, 0.2) is 0 Å². The molecular formula is C20H15ClF3N7O3S. The lowest BCUT2D eigenvalue weighted by molar-refractivity contribution is -0.137. The highest BCUT2D eigenvalue weighted by atomic mass is 35.5. The zero-order valence-corrected chi connectivity index (χ0v) is 19.2. The summed E-state index contributed by atoms with van der Waals surface area (Å²) >= 11 is 6.45. The molecule has 15 heteroatoms. The van der Waals surface area contributed by atoms with E-state index in [2.05, 4.69) is 30.6 Å². The van der Waals surface area contributed by atoms with Crippen LogP contribution in [0.4, 0.5) is 19.0 Å². The molecule has 10 nitrogen and oxygen atoms in total. The Morgan fingerprint density at radius 1 is 1.11 bits per heavy atom. The summed E-state index contributed by atoms with van der Waals surface area (Å²) in [6.07, 6.45) is 0.837. The summed E-state index contributed by atoms with van der Waals surface area (Å²) in [5, 5.41) is 4.67. The number of alkyl halides is 3. The Morgan fingerprint density at radius 3 is 2.54 bits per heavy atom. The van der Waals surface area contributed by atoms with Crippen LogP contribution in [-0.4, -0.2) is 37.7 Å². The Hall–Kier alpha value is -3.91. The van der Waals surface area contributed by atoms with Crippen LogP contribution in [-0.2, 0) is 11.0 Å². The van der Waals surface area contributed by atoms with Crippen molar-refractivity contribution in [3.63, 3.8) is 0 Å². The number of hydrogen-bond donors (Lipinski definition) is 3. The number of anilines is 1. The predicted molar refractivity (Wildman–Crippen MR) is 120 cm³/mol. The highest BCUT2D eigenvalue weighted by molar-refractivity contribution is 7.13. The molecule has 0 saturated heterocycles. The van der Waals surface area contributed by atoms with Gasteiger partial charge in [-0.25, -0.2) is 19.9 Å². The molecule has 0 fully saturated rings. The Morgan fingerprint density at radius 2 is 1.86 bits per heavy atom. The number of rotatable bonds is 7. The number of thiazole rings is 1. The maximum atomic E-state index is 13.0. The van der Waals surface area contributed by atoms with Crippen molar-refractivity contribution in [2.45, 2.75) is 19.1 Å². The van der Waals surface area contributed by atoms with Crippen molar-refractivity contribution < 1.29 is 27.6 Å². The van der Waals surface area contributed by atoms with Gasteiger partial charge in [-0.15, -0.1) is 11.3 Å². The summed E-state index contributed by atoms with van der Waals surface area (Å²) < 4.78 is 39.0. The molecule has 1 atom stereocenters. The predicted octanol–water partition coefficient (Wildman–Crippen LogP) is 3.24. The van der Waals surface area contributed by atoms with Crippen molar-refractivity contribution in [3.05, 3.63) is 68.8 Å². The molecule has 0 aliphatic rings. The van der Waals surface area contributed by atoms with Crippen LogP contribution in [0.5, 0.6) is 0 Å². The molecule has 0 aliphatic carbocycles. The van der Waals surface area contributed by atoms with E-state index in [-0.39, 0.29) is 22.1 Å². The van der Waals surface area contributed by atoms with Crippen LogP contribution in [0, 0.1) is 0 Å². The number of aromatic nitrogens is 4. The Kier molecular flexibility index (Phi) is 7.76. The van der Waals surface area contributed by atoms with Gasteiger partial charge in [0.1, 0.15) is 27.7 Å².